The molecule has 0 amide bonds. The molecule has 0 bridgehead atoms. The van der Waals surface area contributed by atoms with Crippen LogP contribution in [0.25, 0.3) is 11.4 Å². The third-order valence-corrected chi connectivity index (χ3v) is 5.32. The van der Waals surface area contributed by atoms with Crippen LogP contribution < -0.4 is 14.8 Å². The normalized spacial score (nSPS) is 13.3. The molecule has 3 aromatic rings. The summed E-state index contributed by atoms with van der Waals surface area (Å²) in [5.41, 5.74) is 2.76. The topological polar surface area (TPSA) is 81.4 Å². The number of nitrogens with zero attached hydrogens (tertiary/aromatic N) is 3. The third kappa shape index (κ3) is 3.45. The van der Waals surface area contributed by atoms with Crippen molar-refractivity contribution in [3.05, 3.63) is 48.0 Å². The average Bonchev–Trinajstić information content (AvgIpc) is 3.15. The summed E-state index contributed by atoms with van der Waals surface area (Å²) >= 11 is 1.41. The van der Waals surface area contributed by atoms with Gasteiger partial charge in [0.05, 0.1) is 20.3 Å². The van der Waals surface area contributed by atoms with E-state index in [0.717, 1.165) is 17.1 Å². The molecule has 2 N–H and O–H groups in total. The number of aliphatic hydroxyl groups is 1. The molecule has 0 saturated carbocycles. The van der Waals surface area contributed by atoms with Gasteiger partial charge in [0.1, 0.15) is 18.2 Å². The molecular formula is C19H20N4O3S. The van der Waals surface area contributed by atoms with Crippen molar-refractivity contribution in [2.75, 3.05) is 25.3 Å². The zero-order chi connectivity index (χ0) is 18.8. The minimum absolute atomic E-state index is 0.405. The van der Waals surface area contributed by atoms with Crippen molar-refractivity contribution in [2.45, 2.75) is 17.9 Å². The van der Waals surface area contributed by atoms with Crippen molar-refractivity contribution in [2.24, 2.45) is 0 Å². The molecule has 2 aromatic carbocycles. The fourth-order valence-electron chi connectivity index (χ4n) is 3.03. The second-order valence-corrected chi connectivity index (χ2v) is 7.02. The number of rotatable bonds is 6. The molecule has 0 fully saturated rings. The molecule has 8 heteroatoms. The predicted octanol–water partition coefficient (Wildman–Crippen LogP) is 3.17. The Hall–Kier alpha value is -2.71. The minimum atomic E-state index is -0.731. The lowest BCUT2D eigenvalue weighted by Crippen LogP contribution is -2.16. The van der Waals surface area contributed by atoms with Crippen LogP contribution in [0.2, 0.25) is 0 Å². The zero-order valence-corrected chi connectivity index (χ0v) is 15.9. The van der Waals surface area contributed by atoms with Crippen LogP contribution in [-0.2, 0) is 6.67 Å². The number of anilines is 1. The van der Waals surface area contributed by atoms with Crippen LogP contribution in [0.4, 0.5) is 5.69 Å². The molecule has 1 aliphatic rings. The highest BCUT2D eigenvalue weighted by molar-refractivity contribution is 7.99. The van der Waals surface area contributed by atoms with E-state index in [1.54, 1.807) is 32.4 Å². The summed E-state index contributed by atoms with van der Waals surface area (Å²) in [5, 5.41) is 19.1. The van der Waals surface area contributed by atoms with Gasteiger partial charge in [-0.15, -0.1) is 5.10 Å². The lowest BCUT2D eigenvalue weighted by Gasteiger charge is -2.17. The van der Waals surface area contributed by atoms with E-state index in [1.165, 1.54) is 11.8 Å². The number of hydrogen-bond acceptors (Lipinski definition) is 7. The van der Waals surface area contributed by atoms with Crippen LogP contribution in [0.1, 0.15) is 11.7 Å². The zero-order valence-electron chi connectivity index (χ0n) is 15.0. The maximum atomic E-state index is 10.6. The molecule has 7 nitrogen and oxygen atoms in total. The Morgan fingerprint density at radius 3 is 2.89 bits per heavy atom. The Bertz CT molecular complexity index is 960. The molecule has 4 rings (SSSR count). The highest BCUT2D eigenvalue weighted by Gasteiger charge is 2.21. The third-order valence-electron chi connectivity index (χ3n) is 4.41. The second kappa shape index (κ2) is 7.50. The second-order valence-electron chi connectivity index (χ2n) is 6.03. The lowest BCUT2D eigenvalue weighted by molar-refractivity contribution is 0.198. The van der Waals surface area contributed by atoms with Gasteiger partial charge in [-0.3, -0.25) is 0 Å². The van der Waals surface area contributed by atoms with Gasteiger partial charge >= 0.3 is 0 Å². The van der Waals surface area contributed by atoms with Crippen LogP contribution in [0, 0.1) is 0 Å². The minimum Gasteiger partial charge on any atom is -0.497 e. The predicted molar refractivity (Wildman–Crippen MR) is 104 cm³/mol. The largest absolute Gasteiger partial charge is 0.497 e. The van der Waals surface area contributed by atoms with E-state index in [4.69, 9.17) is 9.47 Å². The molecule has 140 valence electrons. The fourth-order valence-corrected chi connectivity index (χ4v) is 3.82. The van der Waals surface area contributed by atoms with E-state index in [0.29, 0.717) is 34.6 Å². The number of thioether (sulfide) groups is 1. The van der Waals surface area contributed by atoms with E-state index >= 15 is 0 Å². The van der Waals surface area contributed by atoms with Crippen molar-refractivity contribution >= 4 is 17.4 Å². The summed E-state index contributed by atoms with van der Waals surface area (Å²) in [6, 6.07) is 13.4. The van der Waals surface area contributed by atoms with Gasteiger partial charge in [0.15, 0.2) is 5.82 Å². The van der Waals surface area contributed by atoms with Gasteiger partial charge in [0.2, 0.25) is 5.16 Å². The smallest absolute Gasteiger partial charge is 0.209 e. The maximum Gasteiger partial charge on any atom is 0.209 e. The molecular weight excluding hydrogens is 364 g/mol. The van der Waals surface area contributed by atoms with Crippen molar-refractivity contribution in [3.8, 4) is 22.9 Å². The van der Waals surface area contributed by atoms with E-state index in [-0.39, 0.29) is 0 Å². The van der Waals surface area contributed by atoms with E-state index in [2.05, 4.69) is 15.4 Å². The van der Waals surface area contributed by atoms with Gasteiger partial charge in [0, 0.05) is 22.6 Å². The Morgan fingerprint density at radius 1 is 1.22 bits per heavy atom. The van der Waals surface area contributed by atoms with Crippen LogP contribution in [0.5, 0.6) is 11.5 Å². The monoisotopic (exact) mass is 384 g/mol. The number of aromatic nitrogens is 3. The fraction of sp³-hybridized carbons (Fsp3) is 0.263. The Labute approximate surface area is 161 Å². The molecule has 1 aliphatic heterocycles. The molecule has 0 saturated heterocycles. The number of aliphatic hydroxyl groups excluding tert-OH is 1. The quantitative estimate of drug-likeness (QED) is 0.632. The Kier molecular flexibility index (Phi) is 4.91. The highest BCUT2D eigenvalue weighted by atomic mass is 32.2. The van der Waals surface area contributed by atoms with Crippen LogP contribution in [0.15, 0.2) is 47.6 Å². The number of ether oxygens (including phenoxy) is 2. The lowest BCUT2D eigenvalue weighted by atomic mass is 10.1. The van der Waals surface area contributed by atoms with Crippen molar-refractivity contribution in [3.63, 3.8) is 0 Å². The summed E-state index contributed by atoms with van der Waals surface area (Å²) in [7, 11) is 3.18. The van der Waals surface area contributed by atoms with Crippen molar-refractivity contribution < 1.29 is 14.6 Å². The number of benzene rings is 2. The Balaban J connectivity index is 1.51. The standard InChI is InChI=1S/C19H20N4O3S/c1-25-12-7-8-17(26-2)14(9-12)16(24)10-27-19-21-18-13-5-3-4-6-15(13)20-11-23(18)22-19/h3-9,16,20,24H,10-11H2,1-2H3. The van der Waals surface area contributed by atoms with Crippen LogP contribution in [0.3, 0.4) is 0 Å². The molecule has 0 spiro atoms. The van der Waals surface area contributed by atoms with Crippen LogP contribution >= 0.6 is 11.8 Å². The first-order valence-electron chi connectivity index (χ1n) is 8.50. The molecule has 1 aromatic heterocycles. The molecule has 0 aliphatic carbocycles. The number of hydrogen-bond donors (Lipinski definition) is 2. The summed E-state index contributed by atoms with van der Waals surface area (Å²) in [5.74, 6) is 2.54. The van der Waals surface area contributed by atoms with Gasteiger partial charge in [-0.25, -0.2) is 9.67 Å². The number of fused-ring (bicyclic) bond motifs is 3. The summed E-state index contributed by atoms with van der Waals surface area (Å²) < 4.78 is 12.4. The van der Waals surface area contributed by atoms with Gasteiger partial charge in [-0.1, -0.05) is 23.9 Å². The first-order valence-corrected chi connectivity index (χ1v) is 9.49. The van der Waals surface area contributed by atoms with Gasteiger partial charge in [0.25, 0.3) is 0 Å². The SMILES string of the molecule is COc1ccc(OC)c(C(O)CSc2nc3n(n2)CNc2ccccc2-3)c1. The van der Waals surface area contributed by atoms with Crippen LogP contribution in [-0.4, -0.2) is 39.8 Å². The summed E-state index contributed by atoms with van der Waals surface area (Å²) in [6.45, 7) is 0.576. The number of para-hydroxylation sites is 1. The molecule has 0 radical (unpaired) electrons. The Morgan fingerprint density at radius 2 is 2.07 bits per heavy atom. The van der Waals surface area contributed by atoms with Gasteiger partial charge in [-0.2, -0.15) is 0 Å². The van der Waals surface area contributed by atoms with E-state index in [9.17, 15) is 5.11 Å². The van der Waals surface area contributed by atoms with Gasteiger partial charge < -0.3 is 19.9 Å². The van der Waals surface area contributed by atoms with Crippen molar-refractivity contribution in [1.29, 1.82) is 0 Å². The van der Waals surface area contributed by atoms with Gasteiger partial charge in [-0.05, 0) is 30.3 Å². The van der Waals surface area contributed by atoms with Crippen molar-refractivity contribution in [1.82, 2.24) is 14.8 Å². The molecule has 2 heterocycles. The first kappa shape index (κ1) is 17.7. The van der Waals surface area contributed by atoms with E-state index < -0.39 is 6.10 Å². The first-order chi connectivity index (χ1) is 13.2. The molecule has 1 atom stereocenters. The average molecular weight is 384 g/mol. The molecule has 1 unspecified atom stereocenters. The highest BCUT2D eigenvalue weighted by Crippen LogP contribution is 2.34. The maximum absolute atomic E-state index is 10.6. The number of methoxy groups -OCH3 is 2. The summed E-state index contributed by atoms with van der Waals surface area (Å²) in [4.78, 5) is 4.64. The number of nitrogens with one attached hydrogen (secondary N) is 1. The molecule has 27 heavy (non-hydrogen) atoms. The van der Waals surface area contributed by atoms with E-state index in [1.807, 2.05) is 28.9 Å². The summed E-state index contributed by atoms with van der Waals surface area (Å²) in [6.07, 6.45) is -0.731.